The lowest BCUT2D eigenvalue weighted by atomic mass is 9.99. The van der Waals surface area contributed by atoms with Crippen LogP contribution in [0.25, 0.3) is 21.8 Å². The number of nitrogens with two attached hydrogens (primary N) is 3. The van der Waals surface area contributed by atoms with Crippen LogP contribution < -0.4 is 70.4 Å². The van der Waals surface area contributed by atoms with Gasteiger partial charge in [0.25, 0.3) is 5.92 Å². The fourth-order valence-corrected chi connectivity index (χ4v) is 18.4. The van der Waals surface area contributed by atoms with E-state index in [0.29, 0.717) is 80.9 Å². The summed E-state index contributed by atoms with van der Waals surface area (Å²) in [6, 6.07) is -3.99. The Labute approximate surface area is 788 Å². The first-order chi connectivity index (χ1) is 64.8. The number of benzene rings is 3. The average molecular weight is 1920 g/mol. The lowest BCUT2D eigenvalue weighted by Gasteiger charge is -2.36. The van der Waals surface area contributed by atoms with Gasteiger partial charge in [-0.05, 0) is 110 Å². The number of aliphatic hydroxyl groups excluding tert-OH is 2. The van der Waals surface area contributed by atoms with Gasteiger partial charge in [-0.15, -0.1) is 11.8 Å². The summed E-state index contributed by atoms with van der Waals surface area (Å²) in [6.45, 7) is 3.09. The number of likely N-dealkylation sites (N-methyl/N-ethyl adjacent to an activating group) is 2. The average Bonchev–Trinajstić information content (AvgIpc) is 1.63. The number of H-pyrrole nitrogens is 2. The molecule has 0 unspecified atom stereocenters. The van der Waals surface area contributed by atoms with Gasteiger partial charge in [0, 0.05) is 118 Å². The molecular formula is C92H125F2N21O20S. The number of primary amides is 2. The molecule has 0 radical (unpaired) electrons. The number of nitrogens with one attached hydrogen (secondary N) is 12. The van der Waals surface area contributed by atoms with Gasteiger partial charge in [0.15, 0.2) is 0 Å². The van der Waals surface area contributed by atoms with E-state index in [1.54, 1.807) is 74.8 Å². The van der Waals surface area contributed by atoms with E-state index in [-0.39, 0.29) is 101 Å². The highest BCUT2D eigenvalue weighted by Gasteiger charge is 2.53. The molecule has 0 saturated carbocycles. The third kappa shape index (κ3) is 28.1. The minimum Gasteiger partial charge on any atom is -0.508 e. The number of amides is 17. The third-order valence-electron chi connectivity index (χ3n) is 24.8. The molecule has 17 amide bonds. The summed E-state index contributed by atoms with van der Waals surface area (Å²) < 4.78 is 32.2. The van der Waals surface area contributed by atoms with Crippen molar-refractivity contribution in [1.29, 1.82) is 0 Å². The molecule has 10 rings (SSSR count). The summed E-state index contributed by atoms with van der Waals surface area (Å²) >= 11 is 0.681. The Hall–Kier alpha value is -13.0. The molecule has 3 aromatic carbocycles. The second-order valence-corrected chi connectivity index (χ2v) is 36.6. The van der Waals surface area contributed by atoms with E-state index in [9.17, 15) is 48.9 Å². The maximum absolute atomic E-state index is 16.1. The molecule has 41 nitrogen and oxygen atoms in total. The first-order valence-corrected chi connectivity index (χ1v) is 47.0. The zero-order chi connectivity index (χ0) is 98.9. The number of fused-ring (bicyclic) bond motifs is 5. The number of aromatic nitrogens is 2. The summed E-state index contributed by atoms with van der Waals surface area (Å²) in [5.74, 6) is -23.1. The molecule has 0 bridgehead atoms. The van der Waals surface area contributed by atoms with Gasteiger partial charge in [-0.2, -0.15) is 0 Å². The largest absolute Gasteiger partial charge is 0.508 e. The molecule has 21 N–H and O–H groups in total. The zero-order valence-corrected chi connectivity index (χ0v) is 77.7. The Morgan fingerprint density at radius 1 is 0.574 bits per heavy atom. The van der Waals surface area contributed by atoms with Crippen molar-refractivity contribution in [2.45, 2.75) is 246 Å². The van der Waals surface area contributed by atoms with Crippen LogP contribution >= 0.6 is 11.8 Å². The molecule has 0 aliphatic carbocycles. The van der Waals surface area contributed by atoms with Crippen LogP contribution in [-0.2, 0) is 101 Å². The number of unbranched alkanes of at least 4 members (excludes halogenated alkanes) is 2. The lowest BCUT2D eigenvalue weighted by Crippen LogP contribution is -2.61. The summed E-state index contributed by atoms with van der Waals surface area (Å²) in [7, 11) is 2.67. The van der Waals surface area contributed by atoms with Gasteiger partial charge in [0.05, 0.1) is 38.0 Å². The normalized spacial score (nSPS) is 26.0. The summed E-state index contributed by atoms with van der Waals surface area (Å²) in [5.41, 5.74) is 20.1. The number of halogens is 2. The summed E-state index contributed by atoms with van der Waals surface area (Å²) in [5, 5.41) is 60.2. The minimum atomic E-state index is -3.83. The number of aromatic amines is 2. The number of para-hydroxylation sites is 2. The Morgan fingerprint density at radius 3 is 1.71 bits per heavy atom. The van der Waals surface area contributed by atoms with Gasteiger partial charge >= 0.3 is 0 Å². The molecule has 2 aromatic heterocycles. The molecule has 136 heavy (non-hydrogen) atoms. The van der Waals surface area contributed by atoms with E-state index in [0.717, 1.165) is 19.6 Å². The molecular weight excluding hydrogens is 1790 g/mol. The number of carbonyl (C=O) groups is 17. The molecule has 7 heterocycles. The van der Waals surface area contributed by atoms with Crippen molar-refractivity contribution < 1.29 is 106 Å². The van der Waals surface area contributed by atoms with Crippen molar-refractivity contribution >= 4 is 140 Å². The van der Waals surface area contributed by atoms with Crippen LogP contribution in [0.3, 0.4) is 0 Å². The van der Waals surface area contributed by atoms with Gasteiger partial charge < -0.3 is 120 Å². The Kier molecular flexibility index (Phi) is 37.9. The summed E-state index contributed by atoms with van der Waals surface area (Å²) in [4.78, 5) is 266. The SMILES string of the molecule is CCCC[C@H]1C(=O)N(C)[C@@H](CCCC)C(=O)N[C@@H](CCCN)C(=O)N[C@H](C(=O)NCC(N)=O)CSCC(=O)N[C@@H](Cc2ccc(O)cc2)C(=O)N2CC(F)(F)C[C@H]2C(=O)N[C@@H](CC(N)=O)C(=O)N2CCC[C@H]2C(=O)N[C@@H](CC2=CN=CC2)C(=O)N[C@@H](CC(C)C)C(=O)N2C[C@H](O)C[C@H]2C(=O)N[C@@H](Cc2c[nH]c3ccccc23)C(=O)N[C@@H](CO)C(=O)N[C@@H](Cc2c[nH]c3ccccc23)C(=O)N1C. The number of hydrogen-bond donors (Lipinski definition) is 18. The molecule has 44 heteroatoms. The van der Waals surface area contributed by atoms with E-state index < -0.39 is 260 Å². The quantitative estimate of drug-likeness (QED) is 0.0323. The lowest BCUT2D eigenvalue weighted by molar-refractivity contribution is -0.149. The highest BCUT2D eigenvalue weighted by molar-refractivity contribution is 8.00. The van der Waals surface area contributed by atoms with Crippen LogP contribution in [0.5, 0.6) is 5.75 Å². The molecule has 4 fully saturated rings. The van der Waals surface area contributed by atoms with Gasteiger partial charge in [-0.25, -0.2) is 8.78 Å². The fourth-order valence-electron chi connectivity index (χ4n) is 17.6. The van der Waals surface area contributed by atoms with Crippen molar-refractivity contribution in [3.63, 3.8) is 0 Å². The standard InChI is InChI=1S/C92H125F2N21O20S/c1-7-9-22-70-83(127)103-61(21-15-30-95)79(123)110-69(78(122)101-44-76(97)120)47-136-48-77(121)102-65(34-51-25-27-55(117)28-26-51)90(134)115-49-92(93,94)40-74(115)86(130)108-67(39-75(96)119)88(132)113-32-16-24-71(113)84(128)104-62(35-52-29-31-98-41-52)80(124)106-64(33-50(3)4)89(133)114-45-56(118)38-73(114)85(129)105-63(36-53-42-99-59-19-13-11-17-57(53)59)81(125)109-68(46-116)82(126)107-66(37-54-43-100-60-20-14-12-18-58(54)60)87(131)112(6)72(23-10-8-2)91(135)111(70)5/h11-14,17-20,25-28,31,41-43,50,56,61-74,99-100,116-118H,7-10,15-16,21-24,29-30,32-40,44-49,95H2,1-6H3,(H2,96,119)(H2,97,120)(H,101,122)(H,102,121)(H,103,127)(H,104,128)(H,105,129)(H,106,124)(H,107,126)(H,108,130)(H,109,125)(H,110,123)/t56-,61+,62+,63+,64+,65+,66+,67+,68+,69+,70+,71+,72+,73+,74+/m1/s1. The van der Waals surface area contributed by atoms with Gasteiger partial charge in [-0.3, -0.25) is 86.5 Å². The predicted molar refractivity (Wildman–Crippen MR) is 495 cm³/mol. The van der Waals surface area contributed by atoms with Crippen LogP contribution in [-0.4, -0.2) is 318 Å². The molecule has 0 spiro atoms. The topological polar surface area (TPSA) is 609 Å². The van der Waals surface area contributed by atoms with Gasteiger partial charge in [0.1, 0.15) is 90.3 Å². The number of hydrogen-bond acceptors (Lipinski definition) is 23. The molecule has 5 aliphatic rings. The number of aliphatic hydroxyl groups is 2. The zero-order valence-electron chi connectivity index (χ0n) is 76.9. The first-order valence-electron chi connectivity index (χ1n) is 45.8. The number of nitrogens with zero attached hydrogens (tertiary/aromatic N) is 6. The summed E-state index contributed by atoms with van der Waals surface area (Å²) in [6.07, 6.45) is 2.32. The fraction of sp³-hybridized carbons (Fsp3) is 0.543. The van der Waals surface area contributed by atoms with Crippen molar-refractivity contribution in [3.05, 3.63) is 114 Å². The van der Waals surface area contributed by atoms with Gasteiger partial charge in [0.2, 0.25) is 100 Å². The smallest absolute Gasteiger partial charge is 0.267 e. The van der Waals surface area contributed by atoms with Crippen LogP contribution in [0.2, 0.25) is 0 Å². The molecule has 5 aliphatic heterocycles. The van der Waals surface area contributed by atoms with Crippen LogP contribution in [0.1, 0.15) is 147 Å². The molecule has 4 saturated heterocycles. The van der Waals surface area contributed by atoms with Crippen LogP contribution in [0.15, 0.2) is 102 Å². The van der Waals surface area contributed by atoms with Gasteiger partial charge in [-0.1, -0.05) is 102 Å². The monoisotopic (exact) mass is 1910 g/mol. The maximum atomic E-state index is 16.1. The third-order valence-corrected chi connectivity index (χ3v) is 25.8. The number of phenolic OH excluding ortho intramolecular Hbond substituents is 1. The second-order valence-electron chi connectivity index (χ2n) is 35.6. The van der Waals surface area contributed by atoms with Crippen molar-refractivity contribution in [2.24, 2.45) is 28.1 Å². The van der Waals surface area contributed by atoms with Crippen LogP contribution in [0, 0.1) is 5.92 Å². The van der Waals surface area contributed by atoms with Crippen molar-refractivity contribution in [3.8, 4) is 5.75 Å². The Morgan fingerprint density at radius 2 is 1.11 bits per heavy atom. The highest BCUT2D eigenvalue weighted by atomic mass is 32.2. The molecule has 5 aromatic rings. The van der Waals surface area contributed by atoms with E-state index >= 15 is 56.7 Å². The first kappa shape index (κ1) is 105. The van der Waals surface area contributed by atoms with Crippen molar-refractivity contribution in [1.82, 2.24) is 87.6 Å². The number of alkyl halides is 2. The number of aromatic hydroxyl groups is 1. The Balaban J connectivity index is 1.02. The maximum Gasteiger partial charge on any atom is 0.267 e. The Bertz CT molecular complexity index is 5250. The predicted octanol–water partition coefficient (Wildman–Crippen LogP) is -1.28. The number of phenols is 1. The minimum absolute atomic E-state index is 0.0140. The second kappa shape index (κ2) is 49.0. The number of rotatable bonds is 25. The van der Waals surface area contributed by atoms with Crippen molar-refractivity contribution in [2.75, 3.05) is 64.9 Å². The van der Waals surface area contributed by atoms with E-state index in [4.69, 9.17) is 17.2 Å². The molecule has 15 atom stereocenters. The van der Waals surface area contributed by atoms with Crippen LogP contribution in [0.4, 0.5) is 8.78 Å². The molecule has 738 valence electrons. The van der Waals surface area contributed by atoms with E-state index in [1.807, 2.05) is 13.8 Å². The number of aliphatic imine (C=N–C) groups is 1. The van der Waals surface area contributed by atoms with E-state index in [1.165, 1.54) is 50.8 Å². The highest BCUT2D eigenvalue weighted by Crippen LogP contribution is 2.35. The number of carbonyl (C=O) groups excluding carboxylic acids is 17. The van der Waals surface area contributed by atoms with E-state index in [2.05, 4.69) is 68.1 Å². The number of thioether (sulfide) groups is 1.